The van der Waals surface area contributed by atoms with E-state index in [1.54, 1.807) is 0 Å². The predicted octanol–water partition coefficient (Wildman–Crippen LogP) is 1.08. The first-order valence-electron chi connectivity index (χ1n) is 5.11. The summed E-state index contributed by atoms with van der Waals surface area (Å²) in [7, 11) is -0.363. The van der Waals surface area contributed by atoms with Crippen LogP contribution in [0.3, 0.4) is 0 Å². The number of carbonyl (C=O) groups is 1. The van der Waals surface area contributed by atoms with Crippen molar-refractivity contribution >= 4 is 15.5 Å². The lowest BCUT2D eigenvalue weighted by molar-refractivity contribution is -0.135. The van der Waals surface area contributed by atoms with Crippen molar-refractivity contribution in [2.75, 3.05) is 19.4 Å². The second-order valence-corrected chi connectivity index (χ2v) is 5.23. The standard InChI is InChI=1S/C10H20O3Si/c1-4-9(7-12-6-3)14-8-13-10(11)5-2/h5,9H,2,4,6-8,14H2,1,3H3. The molecular formula is C10H20O3Si. The molecule has 0 aliphatic carbocycles. The van der Waals surface area contributed by atoms with Gasteiger partial charge in [0.15, 0.2) is 0 Å². The molecule has 82 valence electrons. The van der Waals surface area contributed by atoms with Crippen LogP contribution in [0.1, 0.15) is 20.3 Å². The Balaban J connectivity index is 3.51. The third-order valence-corrected chi connectivity index (χ3v) is 4.14. The minimum atomic E-state index is -0.363. The molecule has 0 rings (SSSR count). The largest absolute Gasteiger partial charge is 0.467 e. The zero-order valence-electron chi connectivity index (χ0n) is 9.12. The Morgan fingerprint density at radius 1 is 1.57 bits per heavy atom. The second kappa shape index (κ2) is 8.96. The summed E-state index contributed by atoms with van der Waals surface area (Å²) in [6.07, 6.45) is 2.91. The number of ether oxygens (including phenoxy) is 2. The van der Waals surface area contributed by atoms with Crippen LogP contribution in [-0.4, -0.2) is 34.9 Å². The minimum Gasteiger partial charge on any atom is -0.467 e. The van der Waals surface area contributed by atoms with Crippen LogP contribution >= 0.6 is 0 Å². The van der Waals surface area contributed by atoms with E-state index in [4.69, 9.17) is 9.47 Å². The summed E-state index contributed by atoms with van der Waals surface area (Å²) in [5.74, 6) is -0.316. The maximum Gasteiger partial charge on any atom is 0.329 e. The van der Waals surface area contributed by atoms with Crippen molar-refractivity contribution in [3.63, 3.8) is 0 Å². The monoisotopic (exact) mass is 216 g/mol. The van der Waals surface area contributed by atoms with Crippen LogP contribution in [0.15, 0.2) is 12.7 Å². The number of rotatable bonds is 8. The number of esters is 1. The Kier molecular flexibility index (Phi) is 8.57. The lowest BCUT2D eigenvalue weighted by atomic mass is 10.3. The zero-order chi connectivity index (χ0) is 10.8. The highest BCUT2D eigenvalue weighted by Gasteiger charge is 2.07. The topological polar surface area (TPSA) is 35.5 Å². The fraction of sp³-hybridized carbons (Fsp3) is 0.700. The Labute approximate surface area is 88.3 Å². The SMILES string of the molecule is C=CC(=O)OC[SiH2]C(CC)COCC. The van der Waals surface area contributed by atoms with E-state index in [2.05, 4.69) is 13.5 Å². The van der Waals surface area contributed by atoms with Crippen molar-refractivity contribution in [1.29, 1.82) is 0 Å². The third kappa shape index (κ3) is 6.86. The van der Waals surface area contributed by atoms with E-state index in [1.807, 2.05) is 6.92 Å². The van der Waals surface area contributed by atoms with Crippen molar-refractivity contribution in [3.8, 4) is 0 Å². The van der Waals surface area contributed by atoms with Crippen molar-refractivity contribution < 1.29 is 14.3 Å². The number of carbonyl (C=O) groups excluding carboxylic acids is 1. The highest BCUT2D eigenvalue weighted by Crippen LogP contribution is 2.08. The van der Waals surface area contributed by atoms with E-state index in [1.165, 1.54) is 6.08 Å². The first-order chi connectivity index (χ1) is 6.74. The Bertz CT molecular complexity index is 171. The summed E-state index contributed by atoms with van der Waals surface area (Å²) in [6, 6.07) is 0. The predicted molar refractivity (Wildman–Crippen MR) is 60.2 cm³/mol. The molecule has 4 heteroatoms. The summed E-state index contributed by atoms with van der Waals surface area (Å²) in [6.45, 7) is 9.05. The first kappa shape index (κ1) is 13.4. The third-order valence-electron chi connectivity index (χ3n) is 2.07. The van der Waals surface area contributed by atoms with Crippen molar-refractivity contribution in [2.24, 2.45) is 0 Å². The molecule has 0 saturated carbocycles. The maximum absolute atomic E-state index is 10.7. The molecule has 0 heterocycles. The van der Waals surface area contributed by atoms with Gasteiger partial charge in [0.25, 0.3) is 0 Å². The first-order valence-corrected chi connectivity index (χ1v) is 6.93. The molecule has 1 atom stereocenters. The van der Waals surface area contributed by atoms with Gasteiger partial charge in [-0.05, 0) is 12.5 Å². The van der Waals surface area contributed by atoms with E-state index in [0.717, 1.165) is 19.6 Å². The summed E-state index contributed by atoms with van der Waals surface area (Å²) >= 11 is 0. The van der Waals surface area contributed by atoms with Gasteiger partial charge in [0.2, 0.25) is 0 Å². The van der Waals surface area contributed by atoms with E-state index in [9.17, 15) is 4.79 Å². The van der Waals surface area contributed by atoms with Gasteiger partial charge in [0, 0.05) is 19.3 Å². The smallest absolute Gasteiger partial charge is 0.329 e. The van der Waals surface area contributed by atoms with E-state index < -0.39 is 0 Å². The molecule has 0 aromatic heterocycles. The molecule has 0 bridgehead atoms. The molecule has 0 aliphatic heterocycles. The molecule has 0 saturated heterocycles. The lowest BCUT2D eigenvalue weighted by Crippen LogP contribution is -2.17. The number of hydrogen-bond donors (Lipinski definition) is 0. The molecule has 0 aliphatic rings. The summed E-state index contributed by atoms with van der Waals surface area (Å²) in [5, 5.41) is 0. The molecule has 0 amide bonds. The van der Waals surface area contributed by atoms with Gasteiger partial charge in [-0.1, -0.05) is 19.9 Å². The molecule has 1 unspecified atom stereocenters. The minimum absolute atomic E-state index is 0.316. The average Bonchev–Trinajstić information content (AvgIpc) is 2.22. The van der Waals surface area contributed by atoms with Gasteiger partial charge in [-0.2, -0.15) is 0 Å². The second-order valence-electron chi connectivity index (χ2n) is 3.09. The summed E-state index contributed by atoms with van der Waals surface area (Å²) in [5.41, 5.74) is 0.618. The van der Waals surface area contributed by atoms with Crippen LogP contribution < -0.4 is 0 Å². The Morgan fingerprint density at radius 2 is 2.29 bits per heavy atom. The molecule has 0 fully saturated rings. The van der Waals surface area contributed by atoms with Crippen LogP contribution in [0.4, 0.5) is 0 Å². The van der Waals surface area contributed by atoms with Gasteiger partial charge in [0.1, 0.15) is 0 Å². The lowest BCUT2D eigenvalue weighted by Gasteiger charge is -2.13. The van der Waals surface area contributed by atoms with Gasteiger partial charge in [0.05, 0.1) is 15.7 Å². The van der Waals surface area contributed by atoms with Gasteiger partial charge in [-0.25, -0.2) is 4.79 Å². The number of hydrogen-bond acceptors (Lipinski definition) is 3. The fourth-order valence-electron chi connectivity index (χ4n) is 1.07. The van der Waals surface area contributed by atoms with Crippen LogP contribution in [0, 0.1) is 0 Å². The zero-order valence-corrected chi connectivity index (χ0v) is 10.5. The van der Waals surface area contributed by atoms with E-state index >= 15 is 0 Å². The average molecular weight is 216 g/mol. The van der Waals surface area contributed by atoms with E-state index in [0.29, 0.717) is 11.8 Å². The molecule has 0 N–H and O–H groups in total. The van der Waals surface area contributed by atoms with E-state index in [-0.39, 0.29) is 15.5 Å². The molecule has 0 spiro atoms. The van der Waals surface area contributed by atoms with Crippen molar-refractivity contribution in [2.45, 2.75) is 25.8 Å². The Morgan fingerprint density at radius 3 is 2.79 bits per heavy atom. The fourth-order valence-corrected chi connectivity index (χ4v) is 2.47. The van der Waals surface area contributed by atoms with Gasteiger partial charge < -0.3 is 9.47 Å². The molecule has 14 heavy (non-hydrogen) atoms. The summed E-state index contributed by atoms with van der Waals surface area (Å²) in [4.78, 5) is 10.7. The van der Waals surface area contributed by atoms with Crippen molar-refractivity contribution in [3.05, 3.63) is 12.7 Å². The molecule has 0 aromatic rings. The Hall–Kier alpha value is -0.613. The van der Waals surface area contributed by atoms with Crippen LogP contribution in [0.5, 0.6) is 0 Å². The van der Waals surface area contributed by atoms with Gasteiger partial charge in [-0.15, -0.1) is 0 Å². The molecule has 0 aromatic carbocycles. The van der Waals surface area contributed by atoms with Crippen molar-refractivity contribution in [1.82, 2.24) is 0 Å². The normalized spacial score (nSPS) is 13.0. The maximum atomic E-state index is 10.7. The highest BCUT2D eigenvalue weighted by molar-refractivity contribution is 6.37. The van der Waals surface area contributed by atoms with Crippen LogP contribution in [0.25, 0.3) is 0 Å². The quantitative estimate of drug-likeness (QED) is 0.346. The van der Waals surface area contributed by atoms with Crippen LogP contribution in [0.2, 0.25) is 5.54 Å². The summed E-state index contributed by atoms with van der Waals surface area (Å²) < 4.78 is 10.3. The van der Waals surface area contributed by atoms with Gasteiger partial charge >= 0.3 is 5.97 Å². The van der Waals surface area contributed by atoms with Crippen LogP contribution in [-0.2, 0) is 14.3 Å². The highest BCUT2D eigenvalue weighted by atomic mass is 28.2. The van der Waals surface area contributed by atoms with Gasteiger partial charge in [-0.3, -0.25) is 0 Å². The molecule has 3 nitrogen and oxygen atoms in total. The molecule has 0 radical (unpaired) electrons. The molecular weight excluding hydrogens is 196 g/mol.